The van der Waals surface area contributed by atoms with Gasteiger partial charge in [-0.05, 0) is 42.0 Å². The number of thioether (sulfide) groups is 1. The van der Waals surface area contributed by atoms with E-state index in [2.05, 4.69) is 24.3 Å². The lowest BCUT2D eigenvalue weighted by Gasteiger charge is -2.07. The van der Waals surface area contributed by atoms with Gasteiger partial charge in [0.15, 0.2) is 5.42 Å². The highest BCUT2D eigenvalue weighted by molar-refractivity contribution is 8.08. The molecule has 1 aliphatic heterocycles. The van der Waals surface area contributed by atoms with Gasteiger partial charge in [0.1, 0.15) is 16.7 Å². The van der Waals surface area contributed by atoms with Crippen molar-refractivity contribution in [2.75, 3.05) is 7.11 Å². The van der Waals surface area contributed by atoms with Crippen LogP contribution in [0, 0.1) is 0 Å². The van der Waals surface area contributed by atoms with Gasteiger partial charge in [-0.3, -0.25) is 0 Å². The number of nitrogens with zero attached hydrogens (tertiary/aromatic N) is 1. The summed E-state index contributed by atoms with van der Waals surface area (Å²) < 4.78 is 11.5. The van der Waals surface area contributed by atoms with Gasteiger partial charge in [0.05, 0.1) is 17.7 Å². The van der Waals surface area contributed by atoms with Gasteiger partial charge in [-0.2, -0.15) is 0 Å². The molecule has 0 fully saturated rings. The molecule has 2 heterocycles. The first-order valence-electron chi connectivity index (χ1n) is 8.35. The van der Waals surface area contributed by atoms with Crippen LogP contribution in [0.3, 0.4) is 0 Å². The second-order valence-electron chi connectivity index (χ2n) is 6.02. The number of furan rings is 1. The highest BCUT2D eigenvalue weighted by atomic mass is 32.2. The van der Waals surface area contributed by atoms with Gasteiger partial charge in [0.25, 0.3) is 0 Å². The van der Waals surface area contributed by atoms with Crippen LogP contribution < -0.4 is 15.5 Å². The first-order chi connectivity index (χ1) is 12.8. The number of rotatable bonds is 2. The van der Waals surface area contributed by atoms with Gasteiger partial charge < -0.3 is 9.15 Å². The van der Waals surface area contributed by atoms with Crippen molar-refractivity contribution in [1.29, 1.82) is 0 Å². The van der Waals surface area contributed by atoms with Gasteiger partial charge in [0.2, 0.25) is 0 Å². The Hall–Kier alpha value is -2.98. The molecule has 126 valence electrons. The SMILES string of the molecule is COc1ccc(C2=c3oc4ccccc4c3=Nc3ccccc3S2)cc1. The minimum atomic E-state index is 0.817. The van der Waals surface area contributed by atoms with Gasteiger partial charge in [0, 0.05) is 10.3 Å². The molecule has 0 spiro atoms. The minimum Gasteiger partial charge on any atom is -0.497 e. The van der Waals surface area contributed by atoms with Crippen LogP contribution in [-0.4, -0.2) is 7.11 Å². The summed E-state index contributed by atoms with van der Waals surface area (Å²) in [4.78, 5) is 7.12. The number of methoxy groups -OCH3 is 1. The molecule has 5 rings (SSSR count). The topological polar surface area (TPSA) is 34.7 Å². The molecule has 0 radical (unpaired) electrons. The molecule has 1 aromatic heterocycles. The van der Waals surface area contributed by atoms with Gasteiger partial charge in [-0.15, -0.1) is 0 Å². The van der Waals surface area contributed by atoms with E-state index in [4.69, 9.17) is 14.1 Å². The second-order valence-corrected chi connectivity index (χ2v) is 7.07. The smallest absolute Gasteiger partial charge is 0.168 e. The molecule has 3 nitrogen and oxygen atoms in total. The molecule has 0 unspecified atom stereocenters. The van der Waals surface area contributed by atoms with Gasteiger partial charge >= 0.3 is 0 Å². The molecular formula is C22H15NO2S. The summed E-state index contributed by atoms with van der Waals surface area (Å²) in [7, 11) is 1.68. The van der Waals surface area contributed by atoms with Gasteiger partial charge in [-0.1, -0.05) is 48.2 Å². The number of hydrogen-bond acceptors (Lipinski definition) is 4. The van der Waals surface area contributed by atoms with Crippen LogP contribution in [-0.2, 0) is 0 Å². The summed E-state index contributed by atoms with van der Waals surface area (Å²) in [6, 6.07) is 24.3. The molecule has 3 aromatic carbocycles. The maximum Gasteiger partial charge on any atom is 0.168 e. The normalized spacial score (nSPS) is 12.9. The van der Waals surface area contributed by atoms with Crippen LogP contribution in [0.1, 0.15) is 5.56 Å². The summed E-state index contributed by atoms with van der Waals surface area (Å²) in [5.74, 6) is 0.836. The predicted octanol–water partition coefficient (Wildman–Crippen LogP) is 4.65. The van der Waals surface area contributed by atoms with E-state index in [9.17, 15) is 0 Å². The maximum absolute atomic E-state index is 6.24. The zero-order chi connectivity index (χ0) is 17.5. The number of ether oxygens (including phenoxy) is 1. The minimum absolute atomic E-state index is 0.817. The fourth-order valence-electron chi connectivity index (χ4n) is 3.14. The lowest BCUT2D eigenvalue weighted by Crippen LogP contribution is -2.22. The third-order valence-electron chi connectivity index (χ3n) is 4.44. The summed E-state index contributed by atoms with van der Waals surface area (Å²) in [6.45, 7) is 0. The number of para-hydroxylation sites is 2. The van der Waals surface area contributed by atoms with Crippen molar-refractivity contribution in [3.63, 3.8) is 0 Å². The zero-order valence-corrected chi connectivity index (χ0v) is 14.9. The summed E-state index contributed by atoms with van der Waals surface area (Å²) in [5.41, 5.74) is 3.72. The van der Waals surface area contributed by atoms with E-state index in [0.717, 1.165) is 48.5 Å². The van der Waals surface area contributed by atoms with Crippen molar-refractivity contribution in [3.8, 4) is 5.75 Å². The first kappa shape index (κ1) is 15.3. The molecule has 0 aliphatic carbocycles. The van der Waals surface area contributed by atoms with Crippen molar-refractivity contribution < 1.29 is 9.15 Å². The average Bonchev–Trinajstić information content (AvgIpc) is 2.97. The highest BCUT2D eigenvalue weighted by Crippen LogP contribution is 2.39. The number of fused-ring (bicyclic) bond motifs is 4. The molecule has 0 saturated heterocycles. The molecule has 1 aliphatic rings. The van der Waals surface area contributed by atoms with Crippen molar-refractivity contribution in [1.82, 2.24) is 0 Å². The van der Waals surface area contributed by atoms with Crippen molar-refractivity contribution in [3.05, 3.63) is 89.1 Å². The van der Waals surface area contributed by atoms with E-state index < -0.39 is 0 Å². The third-order valence-corrected chi connectivity index (χ3v) is 5.63. The molecule has 0 saturated carbocycles. The monoisotopic (exact) mass is 357 g/mol. The largest absolute Gasteiger partial charge is 0.497 e. The second kappa shape index (κ2) is 6.07. The summed E-state index contributed by atoms with van der Waals surface area (Å²) in [6.07, 6.45) is 0. The third kappa shape index (κ3) is 2.42. The van der Waals surface area contributed by atoms with E-state index in [-0.39, 0.29) is 0 Å². The Morgan fingerprint density at radius 1 is 0.885 bits per heavy atom. The average molecular weight is 357 g/mol. The molecule has 4 heteroatoms. The molecular weight excluding hydrogens is 342 g/mol. The first-order valence-corrected chi connectivity index (χ1v) is 9.17. The van der Waals surface area contributed by atoms with Crippen LogP contribution in [0.25, 0.3) is 15.9 Å². The summed E-state index contributed by atoms with van der Waals surface area (Å²) in [5, 5.41) is 1.93. The van der Waals surface area contributed by atoms with E-state index in [0.29, 0.717) is 0 Å². The number of hydrogen-bond donors (Lipinski definition) is 0. The molecule has 26 heavy (non-hydrogen) atoms. The van der Waals surface area contributed by atoms with E-state index in [1.807, 2.05) is 48.5 Å². The Morgan fingerprint density at radius 2 is 1.65 bits per heavy atom. The van der Waals surface area contributed by atoms with Crippen LogP contribution >= 0.6 is 11.8 Å². The Morgan fingerprint density at radius 3 is 2.50 bits per heavy atom. The van der Waals surface area contributed by atoms with E-state index >= 15 is 0 Å². The predicted molar refractivity (Wildman–Crippen MR) is 104 cm³/mol. The van der Waals surface area contributed by atoms with Crippen LogP contribution in [0.2, 0.25) is 0 Å². The fraction of sp³-hybridized carbons (Fsp3) is 0.0455. The van der Waals surface area contributed by atoms with E-state index in [1.165, 1.54) is 0 Å². The van der Waals surface area contributed by atoms with Crippen molar-refractivity contribution >= 4 is 33.3 Å². The van der Waals surface area contributed by atoms with Crippen LogP contribution in [0.15, 0.2) is 87.1 Å². The van der Waals surface area contributed by atoms with Crippen molar-refractivity contribution in [2.24, 2.45) is 4.99 Å². The Bertz CT molecular complexity index is 1240. The zero-order valence-electron chi connectivity index (χ0n) is 14.1. The van der Waals surface area contributed by atoms with Crippen LogP contribution in [0.5, 0.6) is 5.75 Å². The Labute approximate surface area is 154 Å². The molecule has 0 bridgehead atoms. The Kier molecular flexibility index (Phi) is 3.57. The molecule has 0 atom stereocenters. The van der Waals surface area contributed by atoms with Crippen molar-refractivity contribution in [2.45, 2.75) is 4.90 Å². The van der Waals surface area contributed by atoms with Crippen LogP contribution in [0.4, 0.5) is 5.69 Å². The van der Waals surface area contributed by atoms with E-state index in [1.54, 1.807) is 18.9 Å². The molecule has 4 aromatic rings. The quantitative estimate of drug-likeness (QED) is 0.523. The number of benzene rings is 3. The lowest BCUT2D eigenvalue weighted by atomic mass is 10.2. The van der Waals surface area contributed by atoms with Gasteiger partial charge in [-0.25, -0.2) is 4.99 Å². The highest BCUT2D eigenvalue weighted by Gasteiger charge is 2.17. The maximum atomic E-state index is 6.24. The summed E-state index contributed by atoms with van der Waals surface area (Å²) >= 11 is 1.69. The lowest BCUT2D eigenvalue weighted by molar-refractivity contribution is 0.415. The Balaban J connectivity index is 1.88. The molecule has 0 N–H and O–H groups in total. The molecule has 0 amide bonds. The standard InChI is InChI=1S/C22H15NO2S/c1-24-15-12-10-14(11-13-15)22-21-20(16-6-2-4-8-18(16)25-21)23-17-7-3-5-9-19(17)26-22/h2-13H,1H3. The fourth-order valence-corrected chi connectivity index (χ4v) is 4.21.